The zero-order valence-electron chi connectivity index (χ0n) is 17.9. The van der Waals surface area contributed by atoms with E-state index < -0.39 is 0 Å². The van der Waals surface area contributed by atoms with Crippen LogP contribution in [0.25, 0.3) is 10.2 Å². The molecule has 0 spiro atoms. The Bertz CT molecular complexity index is 873. The number of fused-ring (bicyclic) bond motifs is 3. The van der Waals surface area contributed by atoms with Crippen LogP contribution in [-0.4, -0.2) is 60.7 Å². The fraction of sp³-hybridized carbons (Fsp3) is 0.682. The van der Waals surface area contributed by atoms with Gasteiger partial charge >= 0.3 is 0 Å². The number of aryl methyl sites for hydroxylation is 2. The molecule has 0 bridgehead atoms. The summed E-state index contributed by atoms with van der Waals surface area (Å²) in [5, 5.41) is 1.29. The van der Waals surface area contributed by atoms with E-state index in [-0.39, 0.29) is 12.5 Å². The Morgan fingerprint density at radius 3 is 2.62 bits per heavy atom. The number of aromatic nitrogens is 2. The van der Waals surface area contributed by atoms with Gasteiger partial charge in [0.25, 0.3) is 0 Å². The first-order valence-corrected chi connectivity index (χ1v) is 11.8. The second-order valence-electron chi connectivity index (χ2n) is 8.26. The number of carbonyl (C=O) groups excluding carboxylic acids is 1. The van der Waals surface area contributed by atoms with Crippen LogP contribution >= 0.6 is 11.3 Å². The number of carbonyl (C=O) groups is 1. The highest BCUT2D eigenvalue weighted by atomic mass is 32.1. The second-order valence-corrected chi connectivity index (χ2v) is 9.34. The summed E-state index contributed by atoms with van der Waals surface area (Å²) in [6.45, 7) is 7.64. The summed E-state index contributed by atoms with van der Waals surface area (Å²) in [6.07, 6.45) is 7.19. The van der Waals surface area contributed by atoms with Crippen molar-refractivity contribution in [1.29, 1.82) is 0 Å². The monoisotopic (exact) mass is 416 g/mol. The number of amides is 1. The number of ether oxygens (including phenoxy) is 1. The third-order valence-corrected chi connectivity index (χ3v) is 7.50. The third-order valence-electron chi connectivity index (χ3n) is 6.32. The molecule has 3 heterocycles. The summed E-state index contributed by atoms with van der Waals surface area (Å²) in [5.41, 5.74) is 1.49. The van der Waals surface area contributed by atoms with E-state index in [0.29, 0.717) is 5.92 Å². The van der Waals surface area contributed by atoms with E-state index in [1.54, 1.807) is 7.11 Å². The molecular weight excluding hydrogens is 384 g/mol. The van der Waals surface area contributed by atoms with Gasteiger partial charge in [-0.2, -0.15) is 0 Å². The van der Waals surface area contributed by atoms with Crippen LogP contribution in [0, 0.1) is 0 Å². The van der Waals surface area contributed by atoms with Crippen LogP contribution < -0.4 is 4.90 Å². The standard InChI is InChI=1S/C22H32N4O2S/c1-4-15(2)20-23-21(26-12-10-25(11-13-26)18(27)14-28-3)19-16-8-6-5-7-9-17(16)29-22(19)24-20/h15H,4-14H2,1-3H3. The largest absolute Gasteiger partial charge is 0.375 e. The Morgan fingerprint density at radius 1 is 1.14 bits per heavy atom. The maximum absolute atomic E-state index is 12.2. The topological polar surface area (TPSA) is 58.6 Å². The molecule has 1 saturated heterocycles. The van der Waals surface area contributed by atoms with Crippen molar-refractivity contribution in [3.8, 4) is 0 Å². The molecule has 0 N–H and O–H groups in total. The minimum atomic E-state index is 0.0738. The van der Waals surface area contributed by atoms with E-state index in [9.17, 15) is 4.79 Å². The molecule has 2 aromatic heterocycles. The molecule has 4 rings (SSSR count). The lowest BCUT2D eigenvalue weighted by Crippen LogP contribution is -2.50. The highest BCUT2D eigenvalue weighted by Gasteiger charge is 2.27. The van der Waals surface area contributed by atoms with Crippen LogP contribution in [0.3, 0.4) is 0 Å². The van der Waals surface area contributed by atoms with E-state index in [2.05, 4.69) is 18.7 Å². The van der Waals surface area contributed by atoms with Crippen molar-refractivity contribution in [2.45, 2.75) is 58.3 Å². The number of rotatable bonds is 5. The van der Waals surface area contributed by atoms with Gasteiger partial charge in [-0.3, -0.25) is 4.79 Å². The second kappa shape index (κ2) is 8.96. The average Bonchev–Trinajstić information content (AvgIpc) is 2.93. The lowest BCUT2D eigenvalue weighted by atomic mass is 10.1. The molecule has 29 heavy (non-hydrogen) atoms. The minimum absolute atomic E-state index is 0.0738. The quantitative estimate of drug-likeness (QED) is 0.695. The van der Waals surface area contributed by atoms with Gasteiger partial charge in [0.05, 0.1) is 5.39 Å². The summed E-state index contributed by atoms with van der Waals surface area (Å²) >= 11 is 1.89. The van der Waals surface area contributed by atoms with E-state index in [4.69, 9.17) is 14.7 Å². The smallest absolute Gasteiger partial charge is 0.248 e. The molecule has 2 aromatic rings. The molecule has 2 aliphatic rings. The van der Waals surface area contributed by atoms with E-state index in [1.165, 1.54) is 41.5 Å². The SMILES string of the molecule is CCC(C)c1nc(N2CCN(C(=O)COC)CC2)c2c3c(sc2n1)CCCCC3. The normalized spacial score (nSPS) is 18.6. The number of hydrogen-bond acceptors (Lipinski definition) is 6. The fourth-order valence-corrected chi connectivity index (χ4v) is 5.61. The highest BCUT2D eigenvalue weighted by Crippen LogP contribution is 2.40. The molecular formula is C22H32N4O2S. The molecule has 6 nitrogen and oxygen atoms in total. The minimum Gasteiger partial charge on any atom is -0.375 e. The zero-order chi connectivity index (χ0) is 20.4. The van der Waals surface area contributed by atoms with Crippen LogP contribution in [0.15, 0.2) is 0 Å². The molecule has 1 fully saturated rings. The van der Waals surface area contributed by atoms with Crippen molar-refractivity contribution in [3.63, 3.8) is 0 Å². The van der Waals surface area contributed by atoms with Gasteiger partial charge in [-0.1, -0.05) is 20.3 Å². The van der Waals surface area contributed by atoms with Crippen molar-refractivity contribution in [1.82, 2.24) is 14.9 Å². The van der Waals surface area contributed by atoms with Crippen LogP contribution in [0.4, 0.5) is 5.82 Å². The zero-order valence-corrected chi connectivity index (χ0v) is 18.7. The van der Waals surface area contributed by atoms with Crippen LogP contribution in [0.5, 0.6) is 0 Å². The molecule has 158 valence electrons. The summed E-state index contributed by atoms with van der Waals surface area (Å²) < 4.78 is 5.02. The molecule has 1 unspecified atom stereocenters. The maximum atomic E-state index is 12.2. The molecule has 1 amide bonds. The maximum Gasteiger partial charge on any atom is 0.248 e. The first-order valence-electron chi connectivity index (χ1n) is 11.0. The summed E-state index contributed by atoms with van der Waals surface area (Å²) in [4.78, 5) is 29.3. The number of piperazine rings is 1. The van der Waals surface area contributed by atoms with Gasteiger partial charge in [-0.25, -0.2) is 9.97 Å². The third kappa shape index (κ3) is 4.12. The molecule has 1 aliphatic carbocycles. The first-order chi connectivity index (χ1) is 14.1. The first kappa shape index (κ1) is 20.5. The molecule has 0 aromatic carbocycles. The Balaban J connectivity index is 1.70. The lowest BCUT2D eigenvalue weighted by Gasteiger charge is -2.36. The number of hydrogen-bond donors (Lipinski definition) is 0. The van der Waals surface area contributed by atoms with Crippen molar-refractivity contribution in [2.24, 2.45) is 0 Å². The van der Waals surface area contributed by atoms with E-state index in [1.807, 2.05) is 16.2 Å². The van der Waals surface area contributed by atoms with Gasteiger partial charge in [-0.15, -0.1) is 11.3 Å². The van der Waals surface area contributed by atoms with Gasteiger partial charge in [0, 0.05) is 44.1 Å². The summed E-state index contributed by atoms with van der Waals surface area (Å²) in [5.74, 6) is 2.49. The molecule has 0 saturated carbocycles. The molecule has 7 heteroatoms. The molecule has 1 atom stereocenters. The van der Waals surface area contributed by atoms with Crippen molar-refractivity contribution >= 4 is 33.3 Å². The van der Waals surface area contributed by atoms with E-state index in [0.717, 1.165) is 55.5 Å². The Morgan fingerprint density at radius 2 is 1.90 bits per heavy atom. The summed E-state index contributed by atoms with van der Waals surface area (Å²) in [7, 11) is 1.57. The van der Waals surface area contributed by atoms with Gasteiger partial charge in [0.1, 0.15) is 23.1 Å². The Hall–Kier alpha value is -1.73. The average molecular weight is 417 g/mol. The number of thiophene rings is 1. The molecule has 1 aliphatic heterocycles. The number of nitrogens with zero attached hydrogens (tertiary/aromatic N) is 4. The number of anilines is 1. The van der Waals surface area contributed by atoms with Gasteiger partial charge < -0.3 is 14.5 Å². The van der Waals surface area contributed by atoms with Gasteiger partial charge in [-0.05, 0) is 37.7 Å². The summed E-state index contributed by atoms with van der Waals surface area (Å²) in [6, 6.07) is 0. The van der Waals surface area contributed by atoms with Gasteiger partial charge in [0.15, 0.2) is 0 Å². The predicted octanol–water partition coefficient (Wildman–Crippen LogP) is 3.77. The highest BCUT2D eigenvalue weighted by molar-refractivity contribution is 7.19. The Labute approximate surface area is 177 Å². The van der Waals surface area contributed by atoms with Crippen LogP contribution in [-0.2, 0) is 22.4 Å². The van der Waals surface area contributed by atoms with Crippen molar-refractivity contribution in [2.75, 3.05) is 44.8 Å². The molecule has 0 radical (unpaired) electrons. The predicted molar refractivity (Wildman–Crippen MR) is 118 cm³/mol. The lowest BCUT2D eigenvalue weighted by molar-refractivity contribution is -0.135. The van der Waals surface area contributed by atoms with Gasteiger partial charge in [0.2, 0.25) is 5.91 Å². The van der Waals surface area contributed by atoms with E-state index >= 15 is 0 Å². The van der Waals surface area contributed by atoms with Crippen LogP contribution in [0.2, 0.25) is 0 Å². The van der Waals surface area contributed by atoms with Crippen molar-refractivity contribution in [3.05, 3.63) is 16.3 Å². The number of methoxy groups -OCH3 is 1. The van der Waals surface area contributed by atoms with Crippen molar-refractivity contribution < 1.29 is 9.53 Å². The Kier molecular flexibility index (Phi) is 6.35. The fourth-order valence-electron chi connectivity index (χ4n) is 4.35. The van der Waals surface area contributed by atoms with Crippen LogP contribution in [0.1, 0.15) is 61.7 Å².